The van der Waals surface area contributed by atoms with Gasteiger partial charge in [0.2, 0.25) is 0 Å². The molecule has 2 N–H and O–H groups in total. The van der Waals surface area contributed by atoms with Crippen LogP contribution in [0.5, 0.6) is 5.75 Å². The van der Waals surface area contributed by atoms with Gasteiger partial charge < -0.3 is 10.4 Å². The molecule has 0 spiro atoms. The fourth-order valence-corrected chi connectivity index (χ4v) is 3.21. The van der Waals surface area contributed by atoms with Gasteiger partial charge in [0.25, 0.3) is 0 Å². The van der Waals surface area contributed by atoms with Crippen LogP contribution in [0.25, 0.3) is 22.0 Å². The predicted molar refractivity (Wildman–Crippen MR) is 95.3 cm³/mol. The van der Waals surface area contributed by atoms with E-state index < -0.39 is 0 Å². The highest BCUT2D eigenvalue weighted by atomic mass is 16.3. The molecule has 0 aliphatic heterocycles. The maximum atomic E-state index is 11.4. The Bertz CT molecular complexity index is 932. The molecule has 126 valence electrons. The van der Waals surface area contributed by atoms with Crippen molar-refractivity contribution < 1.29 is 9.90 Å². The molecule has 0 radical (unpaired) electrons. The van der Waals surface area contributed by atoms with E-state index >= 15 is 0 Å². The topological polar surface area (TPSA) is 88.0 Å². The average Bonchev–Trinajstić information content (AvgIpc) is 2.63. The van der Waals surface area contributed by atoms with Crippen LogP contribution in [0.15, 0.2) is 43.0 Å². The van der Waals surface area contributed by atoms with Gasteiger partial charge in [-0.2, -0.15) is 0 Å². The Hall–Kier alpha value is -3.02. The number of Topliss-reactive ketones (excluding diaryl/α,β-unsaturated/α-hetero) is 1. The van der Waals surface area contributed by atoms with E-state index in [4.69, 9.17) is 0 Å². The molecule has 1 saturated carbocycles. The van der Waals surface area contributed by atoms with Crippen molar-refractivity contribution >= 4 is 22.5 Å². The van der Waals surface area contributed by atoms with Crippen molar-refractivity contribution in [3.05, 3.63) is 43.0 Å². The number of pyridine rings is 1. The Labute approximate surface area is 145 Å². The van der Waals surface area contributed by atoms with E-state index in [0.29, 0.717) is 18.6 Å². The van der Waals surface area contributed by atoms with Crippen LogP contribution < -0.4 is 5.32 Å². The number of aromatic nitrogens is 3. The van der Waals surface area contributed by atoms with Gasteiger partial charge in [-0.05, 0) is 36.6 Å². The van der Waals surface area contributed by atoms with Crippen molar-refractivity contribution in [3.63, 3.8) is 0 Å². The lowest BCUT2D eigenvalue weighted by atomic mass is 9.94. The Morgan fingerprint density at radius 2 is 1.88 bits per heavy atom. The largest absolute Gasteiger partial charge is 0.506 e. The number of nitrogens with zero attached hydrogens (tertiary/aromatic N) is 3. The summed E-state index contributed by atoms with van der Waals surface area (Å²) in [6.45, 7) is 0. The molecule has 1 aliphatic carbocycles. The summed E-state index contributed by atoms with van der Waals surface area (Å²) >= 11 is 0. The van der Waals surface area contributed by atoms with Gasteiger partial charge in [0.05, 0.1) is 11.7 Å². The van der Waals surface area contributed by atoms with Gasteiger partial charge in [-0.1, -0.05) is 6.07 Å². The van der Waals surface area contributed by atoms with Crippen molar-refractivity contribution in [2.45, 2.75) is 31.7 Å². The lowest BCUT2D eigenvalue weighted by molar-refractivity contribution is -0.120. The standard InChI is InChI=1S/C19H18N4O2/c24-15-4-2-14(3-5-15)23-19-17-8-12(1-6-18(17)21-11-22-19)13-7-16(25)10-20-9-13/h1,6-11,14,25H,2-5H2,(H,21,22,23). The third kappa shape index (κ3) is 3.28. The zero-order valence-corrected chi connectivity index (χ0v) is 13.6. The number of aromatic hydroxyl groups is 1. The van der Waals surface area contributed by atoms with Crippen LogP contribution in [0.3, 0.4) is 0 Å². The van der Waals surface area contributed by atoms with E-state index in [1.165, 1.54) is 6.20 Å². The maximum absolute atomic E-state index is 11.4. The molecule has 0 amide bonds. The highest BCUT2D eigenvalue weighted by Gasteiger charge is 2.19. The smallest absolute Gasteiger partial charge is 0.137 e. The van der Waals surface area contributed by atoms with Crippen LogP contribution in [0, 0.1) is 0 Å². The van der Waals surface area contributed by atoms with Gasteiger partial charge >= 0.3 is 0 Å². The number of nitrogens with one attached hydrogen (secondary N) is 1. The third-order valence-corrected chi connectivity index (χ3v) is 4.58. The minimum atomic E-state index is 0.132. The van der Waals surface area contributed by atoms with Crippen LogP contribution in [0.4, 0.5) is 5.82 Å². The van der Waals surface area contributed by atoms with Gasteiger partial charge in [-0.25, -0.2) is 9.97 Å². The number of carbonyl (C=O) groups is 1. The summed E-state index contributed by atoms with van der Waals surface area (Å²) in [6, 6.07) is 7.82. The fourth-order valence-electron chi connectivity index (χ4n) is 3.21. The van der Waals surface area contributed by atoms with Gasteiger partial charge in [-0.3, -0.25) is 9.78 Å². The van der Waals surface area contributed by atoms with Gasteiger partial charge in [-0.15, -0.1) is 0 Å². The molecule has 4 rings (SSSR count). The second kappa shape index (κ2) is 6.47. The van der Waals surface area contributed by atoms with E-state index in [9.17, 15) is 9.90 Å². The van der Waals surface area contributed by atoms with E-state index in [1.807, 2.05) is 18.2 Å². The Balaban J connectivity index is 1.69. The van der Waals surface area contributed by atoms with Crippen LogP contribution in [-0.2, 0) is 4.79 Å². The van der Waals surface area contributed by atoms with E-state index in [2.05, 4.69) is 20.3 Å². The summed E-state index contributed by atoms with van der Waals surface area (Å²) in [5.74, 6) is 1.25. The zero-order valence-electron chi connectivity index (χ0n) is 13.6. The molecular weight excluding hydrogens is 316 g/mol. The molecule has 25 heavy (non-hydrogen) atoms. The number of rotatable bonds is 3. The summed E-state index contributed by atoms with van der Waals surface area (Å²) in [5.41, 5.74) is 2.62. The third-order valence-electron chi connectivity index (χ3n) is 4.58. The highest BCUT2D eigenvalue weighted by Crippen LogP contribution is 2.29. The number of hydrogen-bond donors (Lipinski definition) is 2. The summed E-state index contributed by atoms with van der Waals surface area (Å²) in [4.78, 5) is 24.2. The Morgan fingerprint density at radius 3 is 2.68 bits per heavy atom. The molecule has 0 bridgehead atoms. The number of ketones is 1. The Kier molecular flexibility index (Phi) is 4.01. The lowest BCUT2D eigenvalue weighted by Crippen LogP contribution is -2.26. The molecule has 6 heteroatoms. The second-order valence-electron chi connectivity index (χ2n) is 6.34. The summed E-state index contributed by atoms with van der Waals surface area (Å²) < 4.78 is 0. The number of hydrogen-bond acceptors (Lipinski definition) is 6. The summed E-state index contributed by atoms with van der Waals surface area (Å²) in [5, 5.41) is 14.0. The summed E-state index contributed by atoms with van der Waals surface area (Å²) in [7, 11) is 0. The molecule has 6 nitrogen and oxygen atoms in total. The first-order chi connectivity index (χ1) is 12.2. The molecule has 1 aromatic carbocycles. The normalized spacial score (nSPS) is 15.4. The first-order valence-electron chi connectivity index (χ1n) is 8.36. The van der Waals surface area contributed by atoms with E-state index in [0.717, 1.165) is 40.7 Å². The van der Waals surface area contributed by atoms with E-state index in [1.54, 1.807) is 18.6 Å². The fraction of sp³-hybridized carbons (Fsp3) is 0.263. The Morgan fingerprint density at radius 1 is 1.04 bits per heavy atom. The maximum Gasteiger partial charge on any atom is 0.137 e. The quantitative estimate of drug-likeness (QED) is 0.764. The van der Waals surface area contributed by atoms with Crippen molar-refractivity contribution in [2.75, 3.05) is 5.32 Å². The molecule has 1 aliphatic rings. The van der Waals surface area contributed by atoms with Gasteiger partial charge in [0, 0.05) is 36.0 Å². The predicted octanol–water partition coefficient (Wildman–Crippen LogP) is 3.32. The molecular formula is C19H18N4O2. The molecule has 3 aromatic rings. The van der Waals surface area contributed by atoms with Gasteiger partial charge in [0.15, 0.2) is 0 Å². The monoisotopic (exact) mass is 334 g/mol. The number of benzene rings is 1. The van der Waals surface area contributed by atoms with Gasteiger partial charge in [0.1, 0.15) is 23.7 Å². The minimum absolute atomic E-state index is 0.132. The van der Waals surface area contributed by atoms with Crippen LogP contribution in [-0.4, -0.2) is 31.9 Å². The number of carbonyl (C=O) groups excluding carboxylic acids is 1. The highest BCUT2D eigenvalue weighted by molar-refractivity contribution is 5.92. The van der Waals surface area contributed by atoms with Crippen molar-refractivity contribution in [1.82, 2.24) is 15.0 Å². The molecule has 2 aromatic heterocycles. The first-order valence-corrected chi connectivity index (χ1v) is 8.36. The molecule has 0 atom stereocenters. The molecule has 0 saturated heterocycles. The minimum Gasteiger partial charge on any atom is -0.506 e. The molecule has 2 heterocycles. The molecule has 0 unspecified atom stereocenters. The van der Waals surface area contributed by atoms with Crippen LogP contribution >= 0.6 is 0 Å². The number of fused-ring (bicyclic) bond motifs is 1. The molecule has 1 fully saturated rings. The first kappa shape index (κ1) is 15.5. The van der Waals surface area contributed by atoms with Crippen molar-refractivity contribution in [2.24, 2.45) is 0 Å². The average molecular weight is 334 g/mol. The van der Waals surface area contributed by atoms with Crippen LogP contribution in [0.2, 0.25) is 0 Å². The van der Waals surface area contributed by atoms with E-state index in [-0.39, 0.29) is 11.8 Å². The number of anilines is 1. The van der Waals surface area contributed by atoms with Crippen LogP contribution in [0.1, 0.15) is 25.7 Å². The zero-order chi connectivity index (χ0) is 17.2. The lowest BCUT2D eigenvalue weighted by Gasteiger charge is -2.23. The second-order valence-corrected chi connectivity index (χ2v) is 6.34. The van der Waals surface area contributed by atoms with Crippen molar-refractivity contribution in [3.8, 4) is 16.9 Å². The SMILES string of the molecule is O=C1CCC(Nc2ncnc3ccc(-c4cncc(O)c4)cc23)CC1. The van der Waals surface area contributed by atoms with Crippen molar-refractivity contribution in [1.29, 1.82) is 0 Å². The summed E-state index contributed by atoms with van der Waals surface area (Å²) in [6.07, 6.45) is 7.59.